The molecule has 0 spiro atoms. The fourth-order valence-electron chi connectivity index (χ4n) is 1.79. The first-order valence-electron chi connectivity index (χ1n) is 4.21. The summed E-state index contributed by atoms with van der Waals surface area (Å²) in [6.07, 6.45) is 0. The Hall–Kier alpha value is 0.0900. The highest BCUT2D eigenvalue weighted by Gasteiger charge is 2.48. The molecule has 66 valence electrons. The maximum Gasteiger partial charge on any atom is -0.00105 e. The maximum absolute atomic E-state index is 2.44. The fourth-order valence-corrected chi connectivity index (χ4v) is 5.71. The van der Waals surface area contributed by atoms with Gasteiger partial charge >= 0.3 is 0 Å². The van der Waals surface area contributed by atoms with Crippen LogP contribution in [0.15, 0.2) is 10.8 Å². The summed E-state index contributed by atoms with van der Waals surface area (Å²) in [5, 5.41) is 4.88. The Kier molecular flexibility index (Phi) is 1.72. The smallest absolute Gasteiger partial charge is 0.00105 e. The monoisotopic (exact) mass is 172 g/mol. The van der Waals surface area contributed by atoms with E-state index in [9.17, 15) is 0 Å². The third-order valence-electron chi connectivity index (χ3n) is 2.43. The third-order valence-corrected chi connectivity index (χ3v) is 7.30. The number of rotatable bonds is 0. The molecule has 0 aromatic carbocycles. The second-order valence-corrected chi connectivity index (χ2v) is 9.62. The van der Waals surface area contributed by atoms with Crippen molar-refractivity contribution in [3.63, 3.8) is 0 Å². The quantitative estimate of drug-likeness (QED) is 0.520. The molecule has 0 amide bonds. The molecule has 1 aliphatic rings. The SMILES string of the molecule is CC(C)(C)S1(C(C)(C)C)C=C1. The lowest BCUT2D eigenvalue weighted by Gasteiger charge is -2.46. The minimum absolute atomic E-state index is 0.464. The van der Waals surface area contributed by atoms with Gasteiger partial charge in [0.05, 0.1) is 0 Å². The standard InChI is InChI=1S/C10H20S/c1-9(2,3)11(7-8-11)10(4,5)6/h7-8H,1-6H3. The van der Waals surface area contributed by atoms with Crippen molar-refractivity contribution in [3.05, 3.63) is 10.8 Å². The van der Waals surface area contributed by atoms with Crippen LogP contribution >= 0.6 is 10.0 Å². The predicted octanol–water partition coefficient (Wildman–Crippen LogP) is 3.87. The van der Waals surface area contributed by atoms with Crippen molar-refractivity contribution in [2.24, 2.45) is 0 Å². The molecule has 1 rings (SSSR count). The van der Waals surface area contributed by atoms with Gasteiger partial charge < -0.3 is 0 Å². The summed E-state index contributed by atoms with van der Waals surface area (Å²) in [5.41, 5.74) is 0. The molecular weight excluding hydrogens is 152 g/mol. The second kappa shape index (κ2) is 2.07. The van der Waals surface area contributed by atoms with Gasteiger partial charge in [0.15, 0.2) is 0 Å². The highest BCUT2D eigenvalue weighted by atomic mass is 32.3. The Morgan fingerprint density at radius 3 is 1.00 bits per heavy atom. The van der Waals surface area contributed by atoms with Crippen molar-refractivity contribution < 1.29 is 0 Å². The predicted molar refractivity (Wildman–Crippen MR) is 56.2 cm³/mol. The van der Waals surface area contributed by atoms with Crippen LogP contribution in [0.1, 0.15) is 41.5 Å². The van der Waals surface area contributed by atoms with Gasteiger partial charge in [-0.05, 0) is 20.3 Å². The molecule has 1 heterocycles. The van der Waals surface area contributed by atoms with E-state index >= 15 is 0 Å². The Morgan fingerprint density at radius 2 is 1.00 bits per heavy atom. The molecule has 0 saturated heterocycles. The van der Waals surface area contributed by atoms with Crippen LogP contribution in [0.3, 0.4) is 0 Å². The van der Waals surface area contributed by atoms with Crippen LogP contribution in [0.4, 0.5) is 0 Å². The fraction of sp³-hybridized carbons (Fsp3) is 0.800. The minimum atomic E-state index is -0.514. The molecule has 0 unspecified atom stereocenters. The molecule has 0 radical (unpaired) electrons. The molecule has 1 heteroatoms. The largest absolute Gasteiger partial charge is 0.190 e. The van der Waals surface area contributed by atoms with Gasteiger partial charge in [0, 0.05) is 0 Å². The number of hydrogen-bond donors (Lipinski definition) is 0. The van der Waals surface area contributed by atoms with E-state index < -0.39 is 10.0 Å². The van der Waals surface area contributed by atoms with Gasteiger partial charge in [0.2, 0.25) is 0 Å². The summed E-state index contributed by atoms with van der Waals surface area (Å²) in [6, 6.07) is 0. The normalized spacial score (nSPS) is 24.9. The summed E-state index contributed by atoms with van der Waals surface area (Å²) in [5.74, 6) is 0. The van der Waals surface area contributed by atoms with Gasteiger partial charge in [-0.15, -0.1) is 0 Å². The molecular formula is C10H20S. The molecule has 11 heavy (non-hydrogen) atoms. The van der Waals surface area contributed by atoms with Gasteiger partial charge in [-0.3, -0.25) is 0 Å². The van der Waals surface area contributed by atoms with Gasteiger partial charge in [-0.1, -0.05) is 41.5 Å². The van der Waals surface area contributed by atoms with E-state index in [2.05, 4.69) is 52.4 Å². The lowest BCUT2D eigenvalue weighted by Crippen LogP contribution is -2.30. The molecule has 0 bridgehead atoms. The average Bonchev–Trinajstić information content (AvgIpc) is 2.31. The van der Waals surface area contributed by atoms with E-state index in [0.717, 1.165) is 0 Å². The van der Waals surface area contributed by atoms with Crippen LogP contribution in [0.2, 0.25) is 0 Å². The number of hydrogen-bond acceptors (Lipinski definition) is 0. The molecule has 0 aliphatic carbocycles. The van der Waals surface area contributed by atoms with Crippen molar-refractivity contribution in [1.29, 1.82) is 0 Å². The lowest BCUT2D eigenvalue weighted by molar-refractivity contribution is 0.727. The Balaban J connectivity index is 2.86. The first-order valence-corrected chi connectivity index (χ1v) is 5.97. The van der Waals surface area contributed by atoms with Crippen molar-refractivity contribution in [2.45, 2.75) is 51.0 Å². The Morgan fingerprint density at radius 1 is 0.727 bits per heavy atom. The van der Waals surface area contributed by atoms with E-state index in [4.69, 9.17) is 0 Å². The third kappa shape index (κ3) is 1.24. The highest BCUT2D eigenvalue weighted by molar-refractivity contribution is 8.45. The lowest BCUT2D eigenvalue weighted by atomic mass is 10.2. The van der Waals surface area contributed by atoms with Gasteiger partial charge in [-0.25, -0.2) is 0 Å². The van der Waals surface area contributed by atoms with Gasteiger partial charge in [-0.2, -0.15) is 10.0 Å². The summed E-state index contributed by atoms with van der Waals surface area (Å²) >= 11 is 0. The Labute approximate surface area is 72.4 Å². The molecule has 0 nitrogen and oxygen atoms in total. The summed E-state index contributed by atoms with van der Waals surface area (Å²) in [7, 11) is -0.514. The van der Waals surface area contributed by atoms with Gasteiger partial charge in [0.25, 0.3) is 0 Å². The first kappa shape index (κ1) is 9.18. The maximum atomic E-state index is 2.44. The minimum Gasteiger partial charge on any atom is -0.190 e. The zero-order valence-electron chi connectivity index (χ0n) is 8.56. The van der Waals surface area contributed by atoms with Crippen molar-refractivity contribution in [3.8, 4) is 0 Å². The van der Waals surface area contributed by atoms with Crippen LogP contribution < -0.4 is 0 Å². The van der Waals surface area contributed by atoms with Crippen molar-refractivity contribution >= 4 is 10.0 Å². The van der Waals surface area contributed by atoms with Crippen LogP contribution in [-0.4, -0.2) is 9.49 Å². The van der Waals surface area contributed by atoms with E-state index in [0.29, 0.717) is 9.49 Å². The van der Waals surface area contributed by atoms with Crippen molar-refractivity contribution in [1.82, 2.24) is 0 Å². The van der Waals surface area contributed by atoms with E-state index in [-0.39, 0.29) is 0 Å². The average molecular weight is 172 g/mol. The zero-order valence-corrected chi connectivity index (χ0v) is 9.38. The summed E-state index contributed by atoms with van der Waals surface area (Å²) < 4.78 is 0.927. The zero-order chi connectivity index (χ0) is 8.91. The van der Waals surface area contributed by atoms with Gasteiger partial charge in [0.1, 0.15) is 0 Å². The molecule has 0 aromatic rings. The first-order chi connectivity index (χ1) is 4.71. The molecule has 1 aliphatic heterocycles. The Bertz CT molecular complexity index is 166. The van der Waals surface area contributed by atoms with Crippen LogP contribution in [0, 0.1) is 0 Å². The second-order valence-electron chi connectivity index (χ2n) is 5.21. The molecule has 0 saturated carbocycles. The van der Waals surface area contributed by atoms with Crippen LogP contribution in [-0.2, 0) is 0 Å². The molecule has 0 aromatic heterocycles. The van der Waals surface area contributed by atoms with E-state index in [1.165, 1.54) is 0 Å². The van der Waals surface area contributed by atoms with E-state index in [1.54, 1.807) is 0 Å². The molecule has 0 fully saturated rings. The highest BCUT2D eigenvalue weighted by Crippen LogP contribution is 2.78. The summed E-state index contributed by atoms with van der Waals surface area (Å²) in [6.45, 7) is 14.1. The molecule has 0 atom stereocenters. The van der Waals surface area contributed by atoms with E-state index in [1.807, 2.05) is 0 Å². The van der Waals surface area contributed by atoms with Crippen LogP contribution in [0.25, 0.3) is 0 Å². The van der Waals surface area contributed by atoms with Crippen LogP contribution in [0.5, 0.6) is 0 Å². The topological polar surface area (TPSA) is 0 Å². The van der Waals surface area contributed by atoms with Crippen molar-refractivity contribution in [2.75, 3.05) is 0 Å². The molecule has 0 N–H and O–H groups in total. The summed E-state index contributed by atoms with van der Waals surface area (Å²) in [4.78, 5) is 0.